The van der Waals surface area contributed by atoms with Crippen LogP contribution in [0.25, 0.3) is 0 Å². The summed E-state index contributed by atoms with van der Waals surface area (Å²) in [5.41, 5.74) is 0.809. The Balaban J connectivity index is 2.26. The Labute approximate surface area is 127 Å². The third kappa shape index (κ3) is 3.96. The molecule has 1 fully saturated rings. The predicted molar refractivity (Wildman–Crippen MR) is 86.1 cm³/mol. The average molecular weight is 311 g/mol. The van der Waals surface area contributed by atoms with Crippen molar-refractivity contribution in [1.29, 1.82) is 0 Å². The molecule has 118 valence electrons. The maximum Gasteiger partial charge on any atom is 0.242 e. The van der Waals surface area contributed by atoms with Gasteiger partial charge in [-0.05, 0) is 51.9 Å². The molecule has 1 unspecified atom stereocenters. The lowest BCUT2D eigenvalue weighted by Gasteiger charge is -2.22. The fraction of sp³-hybridized carbons (Fsp3) is 0.600. The van der Waals surface area contributed by atoms with E-state index < -0.39 is 10.0 Å². The molecule has 0 amide bonds. The van der Waals surface area contributed by atoms with Crippen molar-refractivity contribution in [1.82, 2.24) is 10.0 Å². The van der Waals surface area contributed by atoms with Crippen molar-refractivity contribution in [2.75, 3.05) is 31.6 Å². The summed E-state index contributed by atoms with van der Waals surface area (Å²) < 4.78 is 27.6. The zero-order valence-electron chi connectivity index (χ0n) is 13.0. The number of nitrogens with zero attached hydrogens (tertiary/aromatic N) is 1. The number of rotatable bonds is 6. The van der Waals surface area contributed by atoms with E-state index in [1.165, 1.54) is 0 Å². The minimum Gasteiger partial charge on any atom is -0.370 e. The minimum atomic E-state index is -3.46. The van der Waals surface area contributed by atoms with Crippen LogP contribution in [-0.4, -0.2) is 41.1 Å². The molecule has 1 aliphatic heterocycles. The summed E-state index contributed by atoms with van der Waals surface area (Å²) in [5, 5.41) is 3.20. The van der Waals surface area contributed by atoms with Crippen LogP contribution in [-0.2, 0) is 10.0 Å². The minimum absolute atomic E-state index is 0.112. The smallest absolute Gasteiger partial charge is 0.242 e. The van der Waals surface area contributed by atoms with Crippen LogP contribution in [0.5, 0.6) is 0 Å². The fourth-order valence-corrected chi connectivity index (χ4v) is 4.30. The highest BCUT2D eigenvalue weighted by Crippen LogP contribution is 2.29. The summed E-state index contributed by atoms with van der Waals surface area (Å²) in [6.07, 6.45) is 1.09. The van der Waals surface area contributed by atoms with Crippen LogP contribution in [0.1, 0.15) is 20.3 Å². The van der Waals surface area contributed by atoms with Crippen LogP contribution in [0.4, 0.5) is 5.69 Å². The van der Waals surface area contributed by atoms with Crippen molar-refractivity contribution >= 4 is 15.7 Å². The molecule has 0 radical (unpaired) electrons. The van der Waals surface area contributed by atoms with Crippen LogP contribution in [0.15, 0.2) is 29.2 Å². The van der Waals surface area contributed by atoms with E-state index in [0.29, 0.717) is 10.8 Å². The molecule has 0 aromatic heterocycles. The number of anilines is 1. The molecule has 0 aliphatic carbocycles. The monoisotopic (exact) mass is 311 g/mol. The van der Waals surface area contributed by atoms with E-state index in [0.717, 1.165) is 31.7 Å². The number of hydrogen-bond donors (Lipinski definition) is 2. The van der Waals surface area contributed by atoms with Gasteiger partial charge in [0, 0.05) is 19.1 Å². The molecule has 0 spiro atoms. The van der Waals surface area contributed by atoms with Gasteiger partial charge in [0.05, 0.1) is 5.69 Å². The summed E-state index contributed by atoms with van der Waals surface area (Å²) in [7, 11) is -1.51. The van der Waals surface area contributed by atoms with Gasteiger partial charge < -0.3 is 10.2 Å². The largest absolute Gasteiger partial charge is 0.370 e. The van der Waals surface area contributed by atoms with Crippen molar-refractivity contribution in [3.63, 3.8) is 0 Å². The van der Waals surface area contributed by atoms with Gasteiger partial charge in [-0.3, -0.25) is 0 Å². The average Bonchev–Trinajstić information content (AvgIpc) is 2.86. The van der Waals surface area contributed by atoms with Crippen molar-refractivity contribution in [3.8, 4) is 0 Å². The molecule has 1 aromatic rings. The van der Waals surface area contributed by atoms with Crippen molar-refractivity contribution in [2.24, 2.45) is 5.92 Å². The zero-order valence-corrected chi connectivity index (χ0v) is 13.8. The third-order valence-electron chi connectivity index (χ3n) is 3.66. The number of nitrogens with one attached hydrogen (secondary N) is 2. The van der Waals surface area contributed by atoms with Gasteiger partial charge in [0.15, 0.2) is 0 Å². The van der Waals surface area contributed by atoms with Crippen LogP contribution in [0.2, 0.25) is 0 Å². The van der Waals surface area contributed by atoms with Gasteiger partial charge in [0.25, 0.3) is 0 Å². The van der Waals surface area contributed by atoms with E-state index in [1.807, 2.05) is 33.0 Å². The molecule has 1 heterocycles. The topological polar surface area (TPSA) is 61.4 Å². The number of sulfonamides is 1. The molecule has 6 heteroatoms. The first-order chi connectivity index (χ1) is 9.94. The van der Waals surface area contributed by atoms with Gasteiger partial charge >= 0.3 is 0 Å². The lowest BCUT2D eigenvalue weighted by atomic mass is 10.1. The van der Waals surface area contributed by atoms with Gasteiger partial charge in [-0.1, -0.05) is 12.1 Å². The van der Waals surface area contributed by atoms with Crippen molar-refractivity contribution in [3.05, 3.63) is 24.3 Å². The van der Waals surface area contributed by atoms with E-state index in [4.69, 9.17) is 0 Å². The molecule has 1 saturated heterocycles. The molecule has 1 atom stereocenters. The Kier molecular flexibility index (Phi) is 5.24. The second kappa shape index (κ2) is 6.77. The Hall–Kier alpha value is -1.11. The maximum atomic E-state index is 12.5. The second-order valence-corrected chi connectivity index (χ2v) is 7.58. The number of hydrogen-bond acceptors (Lipinski definition) is 4. The molecule has 1 aromatic carbocycles. The summed E-state index contributed by atoms with van der Waals surface area (Å²) >= 11 is 0. The summed E-state index contributed by atoms with van der Waals surface area (Å²) in [5.74, 6) is 0.573. The summed E-state index contributed by atoms with van der Waals surface area (Å²) in [6, 6.07) is 7.15. The molecule has 2 rings (SSSR count). The number of para-hydroxylation sites is 1. The van der Waals surface area contributed by atoms with Gasteiger partial charge in [-0.15, -0.1) is 0 Å². The Morgan fingerprint density at radius 2 is 2.05 bits per heavy atom. The van der Waals surface area contributed by atoms with E-state index in [1.54, 1.807) is 12.1 Å². The second-order valence-electron chi connectivity index (χ2n) is 5.90. The van der Waals surface area contributed by atoms with Gasteiger partial charge in [0.1, 0.15) is 4.90 Å². The van der Waals surface area contributed by atoms with Crippen LogP contribution < -0.4 is 14.9 Å². The molecule has 5 nitrogen and oxygen atoms in total. The Morgan fingerprint density at radius 1 is 1.33 bits per heavy atom. The first-order valence-corrected chi connectivity index (χ1v) is 8.93. The maximum absolute atomic E-state index is 12.5. The Morgan fingerprint density at radius 3 is 2.71 bits per heavy atom. The van der Waals surface area contributed by atoms with E-state index in [-0.39, 0.29) is 6.04 Å². The van der Waals surface area contributed by atoms with E-state index in [2.05, 4.69) is 14.9 Å². The van der Waals surface area contributed by atoms with E-state index in [9.17, 15) is 8.42 Å². The highest BCUT2D eigenvalue weighted by atomic mass is 32.2. The summed E-state index contributed by atoms with van der Waals surface area (Å²) in [4.78, 5) is 2.56. The lowest BCUT2D eigenvalue weighted by molar-refractivity contribution is 0.548. The molecular formula is C15H25N3O2S. The molecule has 21 heavy (non-hydrogen) atoms. The highest BCUT2D eigenvalue weighted by molar-refractivity contribution is 7.89. The standard InChI is InChI=1S/C15H25N3O2S/c1-12(2)17-21(19,20)15-7-5-4-6-14(15)18-9-8-13(11-18)10-16-3/h4-7,12-13,16-17H,8-11H2,1-3H3. The zero-order chi connectivity index (χ0) is 15.5. The normalized spacial score (nSPS) is 19.4. The third-order valence-corrected chi connectivity index (χ3v) is 5.37. The van der Waals surface area contributed by atoms with Gasteiger partial charge in [-0.2, -0.15) is 0 Å². The molecule has 0 saturated carbocycles. The number of benzene rings is 1. The first-order valence-electron chi connectivity index (χ1n) is 7.45. The van der Waals surface area contributed by atoms with Crippen LogP contribution >= 0.6 is 0 Å². The van der Waals surface area contributed by atoms with E-state index >= 15 is 0 Å². The van der Waals surface area contributed by atoms with Crippen molar-refractivity contribution in [2.45, 2.75) is 31.2 Å². The fourth-order valence-electron chi connectivity index (χ4n) is 2.83. The molecule has 1 aliphatic rings. The highest BCUT2D eigenvalue weighted by Gasteiger charge is 2.27. The molecule has 2 N–H and O–H groups in total. The molecule has 0 bridgehead atoms. The Bertz CT molecular complexity index is 572. The van der Waals surface area contributed by atoms with Crippen LogP contribution in [0, 0.1) is 5.92 Å². The predicted octanol–water partition coefficient (Wildman–Crippen LogP) is 1.42. The molecular weight excluding hydrogens is 286 g/mol. The van der Waals surface area contributed by atoms with Gasteiger partial charge in [-0.25, -0.2) is 13.1 Å². The SMILES string of the molecule is CNCC1CCN(c2ccccc2S(=O)(=O)NC(C)C)C1. The van der Waals surface area contributed by atoms with Crippen molar-refractivity contribution < 1.29 is 8.42 Å². The first kappa shape index (κ1) is 16.3. The van der Waals surface area contributed by atoms with Gasteiger partial charge in [0.2, 0.25) is 10.0 Å². The lowest BCUT2D eigenvalue weighted by Crippen LogP contribution is -2.32. The van der Waals surface area contributed by atoms with Crippen LogP contribution in [0.3, 0.4) is 0 Å². The summed E-state index contributed by atoms with van der Waals surface area (Å²) in [6.45, 7) is 6.43. The quantitative estimate of drug-likeness (QED) is 0.834.